The third-order valence-electron chi connectivity index (χ3n) is 10.8. The predicted molar refractivity (Wildman–Crippen MR) is 226 cm³/mol. The number of fused-ring (bicyclic) bond motifs is 6. The molecule has 4 aromatic carbocycles. The zero-order valence-electron chi connectivity index (χ0n) is 30.9. The minimum atomic E-state index is -4.01. The van der Waals surface area contributed by atoms with E-state index in [2.05, 4.69) is 122 Å². The van der Waals surface area contributed by atoms with E-state index in [1.807, 2.05) is 30.4 Å². The predicted octanol–water partition coefficient (Wildman–Crippen LogP) is 8.50. The molecule has 0 aliphatic carbocycles. The molecule has 4 aromatic rings. The van der Waals surface area contributed by atoms with Crippen LogP contribution in [-0.4, -0.2) is 86.1 Å². The van der Waals surface area contributed by atoms with Crippen molar-refractivity contribution in [3.8, 4) is 0 Å². The summed E-state index contributed by atoms with van der Waals surface area (Å²) in [5.74, 6) is -0.495. The molecule has 282 valence electrons. The van der Waals surface area contributed by atoms with E-state index in [1.165, 1.54) is 32.7 Å². The zero-order valence-corrected chi connectivity index (χ0v) is 32.6. The Balaban J connectivity index is 0.00000561. The first-order valence-electron chi connectivity index (χ1n) is 18.3. The van der Waals surface area contributed by atoms with Crippen LogP contribution >= 0.6 is 0 Å². The molecule has 0 saturated carbocycles. The molecule has 54 heavy (non-hydrogen) atoms. The van der Waals surface area contributed by atoms with E-state index in [9.17, 15) is 25.9 Å². The Bertz CT molecular complexity index is 2350. The molecule has 2 aliphatic rings. The van der Waals surface area contributed by atoms with Crippen molar-refractivity contribution in [1.82, 2.24) is 0 Å². The molecule has 1 unspecified atom stereocenters. The Kier molecular flexibility index (Phi) is 13.1. The average Bonchev–Trinajstić information content (AvgIpc) is 3.45. The standard InChI is InChI=1S/C43H50N2O6S2.Na.H/c1-42(2)38(44(28-14-16-30-52(46,47)48)36-26-24-32-18-10-12-20-34(32)40(36)42)22-8-6-5-7-9-23-39-43(3,4)41-35-21-13-11-19-33(35)25-27-37(41)45(39)29-15-17-31-53(49,50)51;;/h5-13,18-27,38H,14-17,28-31H2,1-4H3,(H,46,47,48)(H,49,50,51);;/b6-5+,9-7+,22-8+,39-23+;;. The van der Waals surface area contributed by atoms with Gasteiger partial charge in [-0.05, 0) is 76.6 Å². The Morgan fingerprint density at radius 1 is 0.630 bits per heavy atom. The molecule has 6 rings (SSSR count). The first-order valence-corrected chi connectivity index (χ1v) is 21.5. The Morgan fingerprint density at radius 3 is 1.76 bits per heavy atom. The van der Waals surface area contributed by atoms with E-state index in [1.54, 1.807) is 0 Å². The fourth-order valence-electron chi connectivity index (χ4n) is 8.37. The van der Waals surface area contributed by atoms with E-state index >= 15 is 0 Å². The van der Waals surface area contributed by atoms with Crippen molar-refractivity contribution in [2.24, 2.45) is 0 Å². The molecule has 8 nitrogen and oxygen atoms in total. The van der Waals surface area contributed by atoms with E-state index in [0.29, 0.717) is 38.8 Å². The SMILES string of the molecule is CC1(C)\C(=C/C=C/C=C/C=C/C2N(CCCCS(=O)(=O)O)c3ccc4ccccc4c3C2(C)C)N(CCCCS(=O)(=O)O)c2ccc3ccccc3c21.[NaH]. The van der Waals surface area contributed by atoms with Gasteiger partial charge in [-0.25, -0.2) is 0 Å². The van der Waals surface area contributed by atoms with Gasteiger partial charge in [0.2, 0.25) is 0 Å². The Labute approximate surface area is 343 Å². The summed E-state index contributed by atoms with van der Waals surface area (Å²) < 4.78 is 64.1. The number of benzene rings is 4. The van der Waals surface area contributed by atoms with Gasteiger partial charge < -0.3 is 9.80 Å². The zero-order chi connectivity index (χ0) is 38.0. The number of allylic oxidation sites excluding steroid dienone is 7. The monoisotopic (exact) mass is 778 g/mol. The van der Waals surface area contributed by atoms with Crippen LogP contribution in [0.1, 0.15) is 64.5 Å². The summed E-state index contributed by atoms with van der Waals surface area (Å²) in [5, 5.41) is 4.79. The van der Waals surface area contributed by atoms with Crippen LogP contribution in [0.25, 0.3) is 21.5 Å². The number of anilines is 2. The van der Waals surface area contributed by atoms with Gasteiger partial charge in [-0.2, -0.15) is 16.8 Å². The summed E-state index contributed by atoms with van der Waals surface area (Å²) in [7, 11) is -8.01. The van der Waals surface area contributed by atoms with Gasteiger partial charge in [-0.3, -0.25) is 9.11 Å². The summed E-state index contributed by atoms with van der Waals surface area (Å²) >= 11 is 0. The van der Waals surface area contributed by atoms with Crippen molar-refractivity contribution in [1.29, 1.82) is 0 Å². The van der Waals surface area contributed by atoms with Crippen molar-refractivity contribution < 1.29 is 25.9 Å². The maximum atomic E-state index is 11.4. The molecule has 1 atom stereocenters. The molecule has 0 fully saturated rings. The van der Waals surface area contributed by atoms with Gasteiger partial charge in [0.1, 0.15) is 0 Å². The van der Waals surface area contributed by atoms with Crippen LogP contribution in [0.15, 0.2) is 121 Å². The molecule has 0 radical (unpaired) electrons. The second-order valence-corrected chi connectivity index (χ2v) is 18.3. The van der Waals surface area contributed by atoms with Gasteiger partial charge in [-0.15, -0.1) is 0 Å². The Hall–Kier alpha value is -3.22. The van der Waals surface area contributed by atoms with Gasteiger partial charge in [0.05, 0.1) is 17.5 Å². The van der Waals surface area contributed by atoms with Crippen molar-refractivity contribution in [3.63, 3.8) is 0 Å². The fourth-order valence-corrected chi connectivity index (χ4v) is 9.51. The third kappa shape index (κ3) is 9.07. The van der Waals surface area contributed by atoms with Crippen LogP contribution in [0.2, 0.25) is 0 Å². The van der Waals surface area contributed by atoms with Crippen molar-refractivity contribution >= 4 is 82.7 Å². The summed E-state index contributed by atoms with van der Waals surface area (Å²) in [6, 6.07) is 25.5. The van der Waals surface area contributed by atoms with Gasteiger partial charge in [0, 0.05) is 41.0 Å². The topological polar surface area (TPSA) is 115 Å². The van der Waals surface area contributed by atoms with Gasteiger partial charge in [-0.1, -0.05) is 125 Å². The summed E-state index contributed by atoms with van der Waals surface area (Å²) in [4.78, 5) is 4.65. The normalized spacial score (nSPS) is 18.8. The molecule has 0 amide bonds. The van der Waals surface area contributed by atoms with Crippen LogP contribution in [0, 0.1) is 0 Å². The second-order valence-electron chi connectivity index (χ2n) is 15.2. The van der Waals surface area contributed by atoms with E-state index in [4.69, 9.17) is 0 Å². The number of nitrogens with zero attached hydrogens (tertiary/aromatic N) is 2. The van der Waals surface area contributed by atoms with Crippen LogP contribution in [-0.2, 0) is 31.1 Å². The van der Waals surface area contributed by atoms with Crippen molar-refractivity contribution in [2.45, 2.75) is 70.3 Å². The first kappa shape index (κ1) is 41.9. The van der Waals surface area contributed by atoms with E-state index in [-0.39, 0.29) is 57.9 Å². The van der Waals surface area contributed by atoms with Gasteiger partial charge in [0.15, 0.2) is 0 Å². The molecule has 0 spiro atoms. The van der Waals surface area contributed by atoms with Crippen LogP contribution in [0.4, 0.5) is 11.4 Å². The molecule has 0 aromatic heterocycles. The molecule has 2 aliphatic heterocycles. The van der Waals surface area contributed by atoms with Gasteiger partial charge in [0.25, 0.3) is 20.2 Å². The van der Waals surface area contributed by atoms with Crippen molar-refractivity contribution in [3.05, 3.63) is 132 Å². The molecular formula is C43H51N2NaO6S2. The maximum absolute atomic E-state index is 11.4. The van der Waals surface area contributed by atoms with Crippen LogP contribution < -0.4 is 9.80 Å². The molecule has 11 heteroatoms. The molecule has 0 bridgehead atoms. The number of hydrogen-bond donors (Lipinski definition) is 2. The number of unbranched alkanes of at least 4 members (excludes halogenated alkanes) is 2. The fraction of sp³-hybridized carbons (Fsp3) is 0.349. The van der Waals surface area contributed by atoms with E-state index < -0.39 is 20.2 Å². The minimum absolute atomic E-state index is 0. The number of rotatable bonds is 14. The van der Waals surface area contributed by atoms with E-state index in [0.717, 1.165) is 17.1 Å². The first-order chi connectivity index (χ1) is 25.1. The van der Waals surface area contributed by atoms with Crippen LogP contribution in [0.5, 0.6) is 0 Å². The summed E-state index contributed by atoms with van der Waals surface area (Å²) in [6.45, 7) is 10.3. The quantitative estimate of drug-likeness (QED) is 0.0567. The average molecular weight is 779 g/mol. The number of hydrogen-bond acceptors (Lipinski definition) is 6. The third-order valence-corrected chi connectivity index (χ3v) is 12.4. The van der Waals surface area contributed by atoms with Crippen molar-refractivity contribution in [2.75, 3.05) is 34.4 Å². The summed E-state index contributed by atoms with van der Waals surface area (Å²) in [6.07, 6.45) is 16.5. The van der Waals surface area contributed by atoms with Crippen LogP contribution in [0.3, 0.4) is 0 Å². The molecule has 2 heterocycles. The molecule has 0 saturated heterocycles. The summed E-state index contributed by atoms with van der Waals surface area (Å²) in [5.41, 5.74) is 5.41. The second kappa shape index (κ2) is 16.9. The molecule has 2 N–H and O–H groups in total. The van der Waals surface area contributed by atoms with Gasteiger partial charge >= 0.3 is 29.6 Å². The molecular weight excluding hydrogens is 728 g/mol. The Morgan fingerprint density at radius 2 is 1.15 bits per heavy atom.